The predicted molar refractivity (Wildman–Crippen MR) is 115 cm³/mol. The Balaban J connectivity index is 1.76. The van der Waals surface area contributed by atoms with Gasteiger partial charge in [0.25, 0.3) is 15.9 Å². The van der Waals surface area contributed by atoms with E-state index in [0.29, 0.717) is 10.0 Å². The van der Waals surface area contributed by atoms with Crippen LogP contribution in [0.2, 0.25) is 8.67 Å². The molecule has 0 saturated heterocycles. The third-order valence-electron chi connectivity index (χ3n) is 3.64. The number of nitrogens with zero attached hydrogens (tertiary/aromatic N) is 2. The minimum absolute atomic E-state index is 0.0277. The lowest BCUT2D eigenvalue weighted by atomic mass is 10.3. The van der Waals surface area contributed by atoms with Crippen molar-refractivity contribution in [3.05, 3.63) is 50.6 Å². The fourth-order valence-electron chi connectivity index (χ4n) is 2.26. The molecule has 9 nitrogen and oxygen atoms in total. The average Bonchev–Trinajstić information content (AvgIpc) is 3.05. The van der Waals surface area contributed by atoms with Gasteiger partial charge in [0.05, 0.1) is 29.0 Å². The average molecular weight is 489 g/mol. The Kier molecular flexibility index (Phi) is 6.66. The van der Waals surface area contributed by atoms with Crippen molar-refractivity contribution in [2.45, 2.75) is 4.90 Å². The molecule has 2 heterocycles. The summed E-state index contributed by atoms with van der Waals surface area (Å²) in [6.07, 6.45) is 0. The molecule has 1 amide bonds. The normalized spacial score (nSPS) is 11.1. The molecular formula is C17H14Cl2N4O5S2. The van der Waals surface area contributed by atoms with Crippen molar-refractivity contribution in [3.63, 3.8) is 0 Å². The number of rotatable bonds is 7. The Bertz CT molecular complexity index is 1160. The third kappa shape index (κ3) is 5.11. The highest BCUT2D eigenvalue weighted by Gasteiger charge is 2.18. The smallest absolute Gasteiger partial charge is 0.321 e. The molecule has 1 aromatic carbocycles. The number of halogens is 2. The summed E-state index contributed by atoms with van der Waals surface area (Å²) in [6.45, 7) is 0. The zero-order chi connectivity index (χ0) is 21.9. The van der Waals surface area contributed by atoms with Crippen molar-refractivity contribution < 1.29 is 22.7 Å². The lowest BCUT2D eigenvalue weighted by molar-refractivity contribution is 0.102. The van der Waals surface area contributed by atoms with Gasteiger partial charge in [-0.25, -0.2) is 8.42 Å². The van der Waals surface area contributed by atoms with Crippen molar-refractivity contribution in [2.75, 3.05) is 24.3 Å². The maximum atomic E-state index is 12.6. The number of hydrogen-bond donors (Lipinski definition) is 2. The van der Waals surface area contributed by atoms with Crippen LogP contribution in [-0.2, 0) is 10.0 Å². The van der Waals surface area contributed by atoms with E-state index in [0.717, 1.165) is 11.3 Å². The van der Waals surface area contributed by atoms with Gasteiger partial charge < -0.3 is 14.8 Å². The van der Waals surface area contributed by atoms with Crippen LogP contribution in [0, 0.1) is 0 Å². The summed E-state index contributed by atoms with van der Waals surface area (Å²) in [4.78, 5) is 20.1. The lowest BCUT2D eigenvalue weighted by Gasteiger charge is -2.10. The van der Waals surface area contributed by atoms with Crippen LogP contribution >= 0.6 is 34.5 Å². The molecule has 0 fully saturated rings. The van der Waals surface area contributed by atoms with Crippen LogP contribution in [0.15, 0.2) is 41.3 Å². The predicted octanol–water partition coefficient (Wildman–Crippen LogP) is 3.92. The van der Waals surface area contributed by atoms with Gasteiger partial charge in [-0.15, -0.1) is 11.3 Å². The number of methoxy groups -OCH3 is 2. The first-order chi connectivity index (χ1) is 14.2. The van der Waals surface area contributed by atoms with Gasteiger partial charge in [0.2, 0.25) is 5.88 Å². The number of nitrogens with one attached hydrogen (secondary N) is 2. The second-order valence-electron chi connectivity index (χ2n) is 5.60. The maximum Gasteiger partial charge on any atom is 0.321 e. The molecule has 30 heavy (non-hydrogen) atoms. The van der Waals surface area contributed by atoms with Crippen molar-refractivity contribution in [1.29, 1.82) is 0 Å². The SMILES string of the molecule is COc1cc(NS(=O)(=O)c2ccc(NC(=O)c3cc(Cl)sc3Cl)cc2)nc(OC)n1. The largest absolute Gasteiger partial charge is 0.481 e. The van der Waals surface area contributed by atoms with Crippen LogP contribution < -0.4 is 19.5 Å². The number of sulfonamides is 1. The number of aromatic nitrogens is 2. The van der Waals surface area contributed by atoms with E-state index in [1.807, 2.05) is 0 Å². The molecule has 3 rings (SSSR count). The molecule has 0 spiro atoms. The van der Waals surface area contributed by atoms with E-state index >= 15 is 0 Å². The summed E-state index contributed by atoms with van der Waals surface area (Å²) < 4.78 is 38.1. The molecule has 3 aromatic rings. The van der Waals surface area contributed by atoms with E-state index in [4.69, 9.17) is 32.7 Å². The standard InChI is InChI=1S/C17H14Cl2N4O5S2/c1-27-14-8-13(21-17(22-14)28-2)23-30(25,26)10-5-3-9(4-6-10)20-16(24)11-7-12(18)29-15(11)19/h3-8H,1-2H3,(H,20,24)(H,21,22,23). The molecule has 0 saturated carbocycles. The Hall–Kier alpha value is -2.60. The number of hydrogen-bond acceptors (Lipinski definition) is 8. The Morgan fingerprint density at radius 1 is 1.07 bits per heavy atom. The molecule has 0 bridgehead atoms. The maximum absolute atomic E-state index is 12.6. The first kappa shape index (κ1) is 22.1. The first-order valence-electron chi connectivity index (χ1n) is 8.08. The summed E-state index contributed by atoms with van der Waals surface area (Å²) >= 11 is 12.9. The van der Waals surface area contributed by atoms with Crippen LogP contribution in [0.25, 0.3) is 0 Å². The van der Waals surface area contributed by atoms with Crippen molar-refractivity contribution in [3.8, 4) is 11.9 Å². The van der Waals surface area contributed by atoms with Crippen LogP contribution in [0.1, 0.15) is 10.4 Å². The Morgan fingerprint density at radius 2 is 1.77 bits per heavy atom. The monoisotopic (exact) mass is 488 g/mol. The fourth-order valence-corrected chi connectivity index (χ4v) is 4.71. The van der Waals surface area contributed by atoms with Gasteiger partial charge >= 0.3 is 6.01 Å². The van der Waals surface area contributed by atoms with Gasteiger partial charge in [0, 0.05) is 11.8 Å². The molecule has 0 radical (unpaired) electrons. The number of anilines is 2. The van der Waals surface area contributed by atoms with E-state index in [1.54, 1.807) is 0 Å². The number of amides is 1. The second kappa shape index (κ2) is 9.04. The number of thiophene rings is 1. The zero-order valence-corrected chi connectivity index (χ0v) is 18.6. The topological polar surface area (TPSA) is 120 Å². The van der Waals surface area contributed by atoms with Crippen molar-refractivity contribution in [1.82, 2.24) is 9.97 Å². The van der Waals surface area contributed by atoms with Gasteiger partial charge in [0.15, 0.2) is 5.82 Å². The summed E-state index contributed by atoms with van der Waals surface area (Å²) in [5.41, 5.74) is 0.611. The second-order valence-corrected chi connectivity index (χ2v) is 9.57. The van der Waals surface area contributed by atoms with Gasteiger partial charge in [-0.2, -0.15) is 9.97 Å². The molecule has 0 aliphatic carbocycles. The Morgan fingerprint density at radius 3 is 2.33 bits per heavy atom. The molecule has 13 heteroatoms. The number of benzene rings is 1. The highest BCUT2D eigenvalue weighted by molar-refractivity contribution is 7.92. The van der Waals surface area contributed by atoms with Crippen molar-refractivity contribution >= 4 is 62.0 Å². The van der Waals surface area contributed by atoms with E-state index in [9.17, 15) is 13.2 Å². The molecule has 0 aliphatic rings. The molecular weight excluding hydrogens is 475 g/mol. The van der Waals surface area contributed by atoms with Gasteiger partial charge in [0.1, 0.15) is 4.34 Å². The number of carbonyl (C=O) groups excluding carboxylic acids is 1. The summed E-state index contributed by atoms with van der Waals surface area (Å²) in [6, 6.07) is 8.25. The summed E-state index contributed by atoms with van der Waals surface area (Å²) in [5.74, 6) is -0.359. The fraction of sp³-hybridized carbons (Fsp3) is 0.118. The van der Waals surface area contributed by atoms with Gasteiger partial charge in [-0.3, -0.25) is 9.52 Å². The Labute approximate surface area is 186 Å². The van der Waals surface area contributed by atoms with E-state index in [2.05, 4.69) is 20.0 Å². The highest BCUT2D eigenvalue weighted by atomic mass is 35.5. The van der Waals surface area contributed by atoms with Gasteiger partial charge in [-0.05, 0) is 30.3 Å². The zero-order valence-electron chi connectivity index (χ0n) is 15.5. The van der Waals surface area contributed by atoms with Gasteiger partial charge in [-0.1, -0.05) is 23.2 Å². The van der Waals surface area contributed by atoms with E-state index in [1.165, 1.54) is 50.6 Å². The molecule has 158 valence electrons. The summed E-state index contributed by atoms with van der Waals surface area (Å²) in [5, 5.41) is 2.63. The minimum Gasteiger partial charge on any atom is -0.481 e. The van der Waals surface area contributed by atoms with Crippen LogP contribution in [-0.4, -0.2) is 38.5 Å². The highest BCUT2D eigenvalue weighted by Crippen LogP contribution is 2.31. The van der Waals surface area contributed by atoms with Crippen LogP contribution in [0.4, 0.5) is 11.5 Å². The molecule has 2 aromatic heterocycles. The van der Waals surface area contributed by atoms with E-state index < -0.39 is 15.9 Å². The quantitative estimate of drug-likeness (QED) is 0.516. The third-order valence-corrected chi connectivity index (χ3v) is 6.49. The van der Waals surface area contributed by atoms with Crippen molar-refractivity contribution in [2.24, 2.45) is 0 Å². The number of ether oxygens (including phenoxy) is 2. The van der Waals surface area contributed by atoms with Crippen LogP contribution in [0.3, 0.4) is 0 Å². The summed E-state index contributed by atoms with van der Waals surface area (Å²) in [7, 11) is -1.24. The minimum atomic E-state index is -3.97. The van der Waals surface area contributed by atoms with Crippen LogP contribution in [0.5, 0.6) is 11.9 Å². The lowest BCUT2D eigenvalue weighted by Crippen LogP contribution is -2.15. The van der Waals surface area contributed by atoms with E-state index in [-0.39, 0.29) is 32.5 Å². The molecule has 0 atom stereocenters. The first-order valence-corrected chi connectivity index (χ1v) is 11.1. The molecule has 0 unspecified atom stereocenters. The molecule has 0 aliphatic heterocycles. The number of carbonyl (C=O) groups is 1. The molecule has 2 N–H and O–H groups in total.